The van der Waals surface area contributed by atoms with Crippen molar-refractivity contribution in [1.82, 2.24) is 4.90 Å². The van der Waals surface area contributed by atoms with Gasteiger partial charge in [-0.3, -0.25) is 4.79 Å². The van der Waals surface area contributed by atoms with Crippen molar-refractivity contribution in [3.05, 3.63) is 35.2 Å². The molecule has 0 aromatic heterocycles. The van der Waals surface area contributed by atoms with Crippen LogP contribution < -0.4 is 0 Å². The lowest BCUT2D eigenvalue weighted by molar-refractivity contribution is -0.104. The van der Waals surface area contributed by atoms with E-state index in [0.717, 1.165) is 17.6 Å². The second-order valence-electron chi connectivity index (χ2n) is 2.76. The van der Waals surface area contributed by atoms with Crippen LogP contribution in [0.15, 0.2) is 35.2 Å². The number of hydrogen-bond acceptors (Lipinski definition) is 3. The number of aliphatic hydroxyl groups is 1. The Balaban J connectivity index is 2.25. The quantitative estimate of drug-likeness (QED) is 0.604. The third-order valence-electron chi connectivity index (χ3n) is 2.04. The lowest BCUT2D eigenvalue weighted by atomic mass is 10.1. The minimum Gasteiger partial charge on any atom is -0.395 e. The minimum atomic E-state index is 0.111. The van der Waals surface area contributed by atoms with Crippen LogP contribution in [0.25, 0.3) is 0 Å². The Morgan fingerprint density at radius 1 is 1.50 bits per heavy atom. The first-order valence-electron chi connectivity index (χ1n) is 3.84. The average Bonchev–Trinajstić information content (AvgIpc) is 2.38. The number of aldehydes is 1. The van der Waals surface area contributed by atoms with Gasteiger partial charge in [-0.15, -0.1) is 0 Å². The molecule has 0 saturated carbocycles. The summed E-state index contributed by atoms with van der Waals surface area (Å²) in [5, 5.41) is 8.68. The van der Waals surface area contributed by atoms with Crippen molar-refractivity contribution in [1.29, 1.82) is 0 Å². The third-order valence-corrected chi connectivity index (χ3v) is 2.04. The van der Waals surface area contributed by atoms with Crippen LogP contribution >= 0.6 is 0 Å². The van der Waals surface area contributed by atoms with Crippen molar-refractivity contribution < 1.29 is 9.90 Å². The summed E-state index contributed by atoms with van der Waals surface area (Å²) in [6, 6.07) is 0. The summed E-state index contributed by atoms with van der Waals surface area (Å²) in [6.07, 6.45) is 6.48. The number of hydrogen-bond donors (Lipinski definition) is 1. The van der Waals surface area contributed by atoms with Crippen LogP contribution in [-0.2, 0) is 4.79 Å². The van der Waals surface area contributed by atoms with E-state index in [4.69, 9.17) is 5.11 Å². The molecule has 0 bridgehead atoms. The van der Waals surface area contributed by atoms with Crippen LogP contribution in [0.3, 0.4) is 0 Å². The maximum atomic E-state index is 10.5. The van der Waals surface area contributed by atoms with Gasteiger partial charge < -0.3 is 10.0 Å². The average molecular weight is 163 g/mol. The summed E-state index contributed by atoms with van der Waals surface area (Å²) in [4.78, 5) is 12.4. The van der Waals surface area contributed by atoms with Crippen LogP contribution in [0.1, 0.15) is 0 Å². The van der Waals surface area contributed by atoms with Crippen LogP contribution in [0.4, 0.5) is 0 Å². The predicted molar refractivity (Wildman–Crippen MR) is 44.1 cm³/mol. The van der Waals surface area contributed by atoms with Gasteiger partial charge in [0.15, 0.2) is 6.29 Å². The van der Waals surface area contributed by atoms with E-state index < -0.39 is 0 Å². The van der Waals surface area contributed by atoms with Gasteiger partial charge in [0, 0.05) is 23.9 Å². The van der Waals surface area contributed by atoms with Crippen LogP contribution in [-0.4, -0.2) is 29.4 Å². The van der Waals surface area contributed by atoms with Gasteiger partial charge in [0.25, 0.3) is 0 Å². The number of carbonyl (C=O) groups excluding carboxylic acids is 1. The molecular weight excluding hydrogens is 154 g/mol. The fraction of sp³-hybridized carbons (Fsp3) is 0.222. The molecule has 3 heteroatoms. The number of nitrogens with zero attached hydrogens (tertiary/aromatic N) is 1. The summed E-state index contributed by atoms with van der Waals surface area (Å²) >= 11 is 0. The van der Waals surface area contributed by atoms with Gasteiger partial charge in [0.05, 0.1) is 12.3 Å². The Morgan fingerprint density at radius 3 is 3.00 bits per heavy atom. The fourth-order valence-electron chi connectivity index (χ4n) is 1.49. The van der Waals surface area contributed by atoms with E-state index in [2.05, 4.69) is 0 Å². The Morgan fingerprint density at radius 2 is 2.33 bits per heavy atom. The third kappa shape index (κ3) is 0.833. The molecule has 12 heavy (non-hydrogen) atoms. The lowest BCUT2D eigenvalue weighted by Gasteiger charge is -2.31. The Hall–Kier alpha value is -1.35. The van der Waals surface area contributed by atoms with Crippen molar-refractivity contribution in [3.8, 4) is 0 Å². The molecule has 0 fully saturated rings. The molecule has 0 atom stereocenters. The van der Waals surface area contributed by atoms with Crippen molar-refractivity contribution >= 4 is 6.29 Å². The number of fused-ring (bicyclic) bond motifs is 1. The molecule has 1 N–H and O–H groups in total. The molecule has 2 rings (SSSR count). The van der Waals surface area contributed by atoms with Gasteiger partial charge in [-0.05, 0) is 6.08 Å². The summed E-state index contributed by atoms with van der Waals surface area (Å²) in [5.74, 6) is 0. The summed E-state index contributed by atoms with van der Waals surface area (Å²) in [5.41, 5.74) is 2.76. The van der Waals surface area contributed by atoms with E-state index in [0.29, 0.717) is 12.1 Å². The highest BCUT2D eigenvalue weighted by Gasteiger charge is 2.26. The first-order chi connectivity index (χ1) is 5.86. The molecule has 0 radical (unpaired) electrons. The standard InChI is InChI=1S/C9H9NO2/c11-4-3-10-5-7-1-2-8(6-12)9(7)10/h1-2,5-6,11H,3-4H2. The van der Waals surface area contributed by atoms with E-state index in [1.807, 2.05) is 17.2 Å². The van der Waals surface area contributed by atoms with Gasteiger partial charge in [0.1, 0.15) is 0 Å². The molecule has 0 spiro atoms. The first-order valence-corrected chi connectivity index (χ1v) is 3.84. The Bertz CT molecular complexity index is 312. The molecule has 0 unspecified atom stereocenters. The zero-order valence-corrected chi connectivity index (χ0v) is 6.53. The molecule has 1 heterocycles. The van der Waals surface area contributed by atoms with E-state index in [-0.39, 0.29) is 6.61 Å². The zero-order valence-electron chi connectivity index (χ0n) is 6.53. The molecule has 1 aliphatic heterocycles. The van der Waals surface area contributed by atoms with Crippen molar-refractivity contribution in [3.63, 3.8) is 0 Å². The highest BCUT2D eigenvalue weighted by molar-refractivity contribution is 5.85. The van der Waals surface area contributed by atoms with Gasteiger partial charge >= 0.3 is 0 Å². The maximum absolute atomic E-state index is 10.5. The van der Waals surface area contributed by atoms with Crippen LogP contribution in [0.2, 0.25) is 0 Å². The molecule has 1 aliphatic carbocycles. The molecule has 2 aliphatic rings. The predicted octanol–water partition coefficient (Wildman–Crippen LogP) is 0.201. The summed E-state index contributed by atoms with van der Waals surface area (Å²) in [7, 11) is 0. The number of β-amino-alcohol motifs (C(OH)–C–C–N with tert-alkyl or cyclic N) is 1. The number of aliphatic hydroxyl groups excluding tert-OH is 1. The highest BCUT2D eigenvalue weighted by Crippen LogP contribution is 2.34. The smallest absolute Gasteiger partial charge is 0.152 e. The number of allylic oxidation sites excluding steroid dienone is 3. The molecule has 62 valence electrons. The van der Waals surface area contributed by atoms with Gasteiger partial charge in [-0.1, -0.05) is 6.08 Å². The molecular formula is C9H9NO2. The maximum Gasteiger partial charge on any atom is 0.152 e. The van der Waals surface area contributed by atoms with E-state index in [1.165, 1.54) is 0 Å². The number of carbonyl (C=O) groups is 1. The lowest BCUT2D eigenvalue weighted by Crippen LogP contribution is -2.29. The van der Waals surface area contributed by atoms with E-state index >= 15 is 0 Å². The van der Waals surface area contributed by atoms with Gasteiger partial charge in [0.2, 0.25) is 0 Å². The number of rotatable bonds is 3. The second-order valence-corrected chi connectivity index (χ2v) is 2.76. The fourth-order valence-corrected chi connectivity index (χ4v) is 1.49. The van der Waals surface area contributed by atoms with Gasteiger partial charge in [-0.2, -0.15) is 0 Å². The molecule has 3 nitrogen and oxygen atoms in total. The molecule has 0 aromatic rings. The summed E-state index contributed by atoms with van der Waals surface area (Å²) < 4.78 is 0. The van der Waals surface area contributed by atoms with Crippen molar-refractivity contribution in [2.75, 3.05) is 13.2 Å². The normalized spacial score (nSPS) is 19.1. The Labute approximate surface area is 70.3 Å². The van der Waals surface area contributed by atoms with E-state index in [1.54, 1.807) is 6.08 Å². The molecule has 0 amide bonds. The van der Waals surface area contributed by atoms with Crippen LogP contribution in [0, 0.1) is 0 Å². The molecule has 0 aromatic carbocycles. The summed E-state index contributed by atoms with van der Waals surface area (Å²) in [6.45, 7) is 0.678. The topological polar surface area (TPSA) is 40.5 Å². The first kappa shape index (κ1) is 7.31. The van der Waals surface area contributed by atoms with Crippen molar-refractivity contribution in [2.24, 2.45) is 0 Å². The second kappa shape index (κ2) is 2.60. The molecule has 0 saturated heterocycles. The SMILES string of the molecule is O=CC1=C2C(=CN2CCO)C=C1. The highest BCUT2D eigenvalue weighted by atomic mass is 16.3. The Kier molecular flexibility index (Phi) is 1.59. The van der Waals surface area contributed by atoms with E-state index in [9.17, 15) is 4.79 Å². The zero-order chi connectivity index (χ0) is 8.55. The van der Waals surface area contributed by atoms with Gasteiger partial charge in [-0.25, -0.2) is 0 Å². The van der Waals surface area contributed by atoms with Crippen molar-refractivity contribution in [2.45, 2.75) is 0 Å². The minimum absolute atomic E-state index is 0.111. The monoisotopic (exact) mass is 163 g/mol. The van der Waals surface area contributed by atoms with Crippen LogP contribution in [0.5, 0.6) is 0 Å². The largest absolute Gasteiger partial charge is 0.395 e.